The van der Waals surface area contributed by atoms with E-state index in [-0.39, 0.29) is 36.6 Å². The number of hydrogen-bond donors (Lipinski definition) is 1. The van der Waals surface area contributed by atoms with Crippen LogP contribution < -0.4 is 10.2 Å². The summed E-state index contributed by atoms with van der Waals surface area (Å²) in [5, 5.41) is 11.5. The molecule has 1 aliphatic heterocycles. The molecular formula is C20H19F3N6O2. The molecule has 1 aliphatic rings. The molecule has 0 aliphatic carbocycles. The number of alkyl halides is 3. The molecule has 3 heterocycles. The van der Waals surface area contributed by atoms with Crippen molar-refractivity contribution in [2.45, 2.75) is 26.1 Å². The zero-order chi connectivity index (χ0) is 22.8. The smallest absolute Gasteiger partial charge is 0.310 e. The number of urea groups is 1. The first-order valence-corrected chi connectivity index (χ1v) is 9.37. The molecule has 0 bridgehead atoms. The molecule has 1 atom stereocenters. The molecule has 2 aromatic heterocycles. The summed E-state index contributed by atoms with van der Waals surface area (Å²) in [6.07, 6.45) is -2.19. The quantitative estimate of drug-likeness (QED) is 0.781. The van der Waals surface area contributed by atoms with Crippen LogP contribution in [-0.4, -0.2) is 45.9 Å². The summed E-state index contributed by atoms with van der Waals surface area (Å²) >= 11 is 0. The maximum Gasteiger partial charge on any atom is 0.433 e. The highest BCUT2D eigenvalue weighted by molar-refractivity contribution is 5.99. The monoisotopic (exact) mass is 432 g/mol. The van der Waals surface area contributed by atoms with Gasteiger partial charge in [-0.3, -0.25) is 9.69 Å². The molecule has 3 rings (SSSR count). The summed E-state index contributed by atoms with van der Waals surface area (Å²) < 4.78 is 38.3. The topological polar surface area (TPSA) is 102 Å². The van der Waals surface area contributed by atoms with Gasteiger partial charge in [0.25, 0.3) is 0 Å². The Morgan fingerprint density at radius 1 is 1.32 bits per heavy atom. The molecule has 31 heavy (non-hydrogen) atoms. The van der Waals surface area contributed by atoms with Crippen molar-refractivity contribution in [3.8, 4) is 6.07 Å². The lowest BCUT2D eigenvalue weighted by Crippen LogP contribution is -2.42. The number of carbonyl (C=O) groups excluding carboxylic acids is 2. The molecule has 0 saturated carbocycles. The van der Waals surface area contributed by atoms with Crippen LogP contribution in [0.1, 0.15) is 25.1 Å². The van der Waals surface area contributed by atoms with Crippen molar-refractivity contribution < 1.29 is 22.8 Å². The van der Waals surface area contributed by atoms with Crippen LogP contribution in [0.2, 0.25) is 0 Å². The third-order valence-corrected chi connectivity index (χ3v) is 4.84. The number of pyridine rings is 2. The molecule has 11 heteroatoms. The number of nitriles is 1. The fourth-order valence-electron chi connectivity index (χ4n) is 3.25. The summed E-state index contributed by atoms with van der Waals surface area (Å²) in [6.45, 7) is 3.70. The van der Waals surface area contributed by atoms with E-state index in [4.69, 9.17) is 5.26 Å². The maximum atomic E-state index is 13.0. The highest BCUT2D eigenvalue weighted by Gasteiger charge is 2.41. The third-order valence-electron chi connectivity index (χ3n) is 4.84. The van der Waals surface area contributed by atoms with Gasteiger partial charge in [-0.25, -0.2) is 14.8 Å². The normalized spacial score (nSPS) is 16.5. The minimum atomic E-state index is -4.57. The van der Waals surface area contributed by atoms with Crippen molar-refractivity contribution in [1.82, 2.24) is 14.9 Å². The maximum absolute atomic E-state index is 13.0. The van der Waals surface area contributed by atoms with Gasteiger partial charge in [-0.1, -0.05) is 13.8 Å². The van der Waals surface area contributed by atoms with E-state index in [2.05, 4.69) is 15.3 Å². The van der Waals surface area contributed by atoms with Crippen LogP contribution >= 0.6 is 0 Å². The molecule has 0 aromatic carbocycles. The molecule has 1 fully saturated rings. The van der Waals surface area contributed by atoms with Crippen molar-refractivity contribution >= 4 is 23.4 Å². The Bertz CT molecular complexity index is 1020. The number of anilines is 2. The van der Waals surface area contributed by atoms with Gasteiger partial charge >= 0.3 is 12.2 Å². The van der Waals surface area contributed by atoms with Crippen LogP contribution in [0, 0.1) is 17.2 Å². The molecule has 1 saturated heterocycles. The van der Waals surface area contributed by atoms with E-state index < -0.39 is 23.8 Å². The fraction of sp³-hybridized carbons (Fsp3) is 0.350. The van der Waals surface area contributed by atoms with Crippen LogP contribution in [0.25, 0.3) is 0 Å². The lowest BCUT2D eigenvalue weighted by Gasteiger charge is -2.25. The Morgan fingerprint density at radius 2 is 2.06 bits per heavy atom. The van der Waals surface area contributed by atoms with Crippen LogP contribution in [0.5, 0.6) is 0 Å². The SMILES string of the molecule is CC(C)[C@H]1CN(c2ccc(C(F)(F)F)nc2)C(=O)N1CC(=O)Nc1cc(C#N)ccn1. The van der Waals surface area contributed by atoms with Gasteiger partial charge in [-0.2, -0.15) is 18.4 Å². The van der Waals surface area contributed by atoms with Gasteiger partial charge in [0.2, 0.25) is 5.91 Å². The van der Waals surface area contributed by atoms with E-state index in [0.717, 1.165) is 12.3 Å². The lowest BCUT2D eigenvalue weighted by atomic mass is 10.0. The van der Waals surface area contributed by atoms with E-state index in [0.29, 0.717) is 5.56 Å². The Balaban J connectivity index is 1.76. The van der Waals surface area contributed by atoms with Crippen molar-refractivity contribution in [2.24, 2.45) is 5.92 Å². The second kappa shape index (κ2) is 8.59. The number of nitrogens with one attached hydrogen (secondary N) is 1. The molecule has 0 radical (unpaired) electrons. The number of hydrogen-bond acceptors (Lipinski definition) is 5. The van der Waals surface area contributed by atoms with E-state index in [1.807, 2.05) is 19.9 Å². The molecule has 162 valence electrons. The largest absolute Gasteiger partial charge is 0.433 e. The number of rotatable bonds is 5. The predicted octanol–water partition coefficient (Wildman–Crippen LogP) is 3.27. The summed E-state index contributed by atoms with van der Waals surface area (Å²) in [5.41, 5.74) is -0.509. The van der Waals surface area contributed by atoms with Crippen LogP contribution in [0.3, 0.4) is 0 Å². The van der Waals surface area contributed by atoms with Gasteiger partial charge < -0.3 is 10.2 Å². The first-order valence-electron chi connectivity index (χ1n) is 9.37. The molecule has 2 aromatic rings. The molecule has 0 spiro atoms. The van der Waals surface area contributed by atoms with Gasteiger partial charge in [-0.05, 0) is 30.2 Å². The van der Waals surface area contributed by atoms with E-state index in [1.54, 1.807) is 0 Å². The minimum Gasteiger partial charge on any atom is -0.310 e. The zero-order valence-electron chi connectivity index (χ0n) is 16.7. The van der Waals surface area contributed by atoms with Gasteiger partial charge in [0.15, 0.2) is 0 Å². The Labute approximate surface area is 176 Å². The van der Waals surface area contributed by atoms with Crippen molar-refractivity contribution in [1.29, 1.82) is 5.26 Å². The van der Waals surface area contributed by atoms with Crippen molar-refractivity contribution in [2.75, 3.05) is 23.3 Å². The molecule has 0 unspecified atom stereocenters. The van der Waals surface area contributed by atoms with E-state index >= 15 is 0 Å². The summed E-state index contributed by atoms with van der Waals surface area (Å²) in [6, 6.07) is 6.00. The molecular weight excluding hydrogens is 413 g/mol. The third kappa shape index (κ3) is 4.91. The second-order valence-corrected chi connectivity index (χ2v) is 7.32. The summed E-state index contributed by atoms with van der Waals surface area (Å²) in [5.74, 6) is -0.334. The highest BCUT2D eigenvalue weighted by atomic mass is 19.4. The highest BCUT2D eigenvalue weighted by Crippen LogP contribution is 2.31. The van der Waals surface area contributed by atoms with Crippen molar-refractivity contribution in [3.05, 3.63) is 47.9 Å². The lowest BCUT2D eigenvalue weighted by molar-refractivity contribution is -0.141. The summed E-state index contributed by atoms with van der Waals surface area (Å²) in [7, 11) is 0. The van der Waals surface area contributed by atoms with Gasteiger partial charge in [0.1, 0.15) is 18.1 Å². The van der Waals surface area contributed by atoms with Crippen LogP contribution in [0.15, 0.2) is 36.7 Å². The predicted molar refractivity (Wildman–Crippen MR) is 105 cm³/mol. The standard InChI is InChI=1S/C20H19F3N6O2/c1-12(2)15-10-28(14-3-4-16(26-9-14)20(21,22)23)19(31)29(15)11-18(30)27-17-7-13(8-24)5-6-25-17/h3-7,9,12,15H,10-11H2,1-2H3,(H,25,27,30)/t15-/m1/s1. The number of halogens is 3. The van der Waals surface area contributed by atoms with Gasteiger partial charge in [0.05, 0.1) is 29.6 Å². The Kier molecular flexibility index (Phi) is 6.10. The number of nitrogens with zero attached hydrogens (tertiary/aromatic N) is 5. The average Bonchev–Trinajstić information content (AvgIpc) is 3.04. The molecule has 8 nitrogen and oxygen atoms in total. The number of amides is 3. The first-order chi connectivity index (χ1) is 14.6. The number of carbonyl (C=O) groups is 2. The second-order valence-electron chi connectivity index (χ2n) is 7.32. The fourth-order valence-corrected chi connectivity index (χ4v) is 3.25. The first kappa shape index (κ1) is 22.0. The number of aromatic nitrogens is 2. The summed E-state index contributed by atoms with van der Waals surface area (Å²) in [4.78, 5) is 35.5. The van der Waals surface area contributed by atoms with Crippen molar-refractivity contribution in [3.63, 3.8) is 0 Å². The minimum absolute atomic E-state index is 0.0100. The van der Waals surface area contributed by atoms with Crippen LogP contribution in [-0.2, 0) is 11.0 Å². The van der Waals surface area contributed by atoms with E-state index in [9.17, 15) is 22.8 Å². The Hall–Kier alpha value is -3.68. The Morgan fingerprint density at radius 3 is 2.65 bits per heavy atom. The van der Waals surface area contributed by atoms with E-state index in [1.165, 1.54) is 34.2 Å². The van der Waals surface area contributed by atoms with Gasteiger partial charge in [0, 0.05) is 12.7 Å². The average molecular weight is 432 g/mol. The van der Waals surface area contributed by atoms with Crippen LogP contribution in [0.4, 0.5) is 29.5 Å². The van der Waals surface area contributed by atoms with Gasteiger partial charge in [-0.15, -0.1) is 0 Å². The zero-order valence-corrected chi connectivity index (χ0v) is 16.7. The molecule has 1 N–H and O–H groups in total. The molecule has 3 amide bonds.